The van der Waals surface area contributed by atoms with Crippen LogP contribution in [0.3, 0.4) is 0 Å². The lowest BCUT2D eigenvalue weighted by atomic mass is 10.1. The first kappa shape index (κ1) is 30.8. The third-order valence-electron chi connectivity index (χ3n) is 7.26. The highest BCUT2D eigenvalue weighted by Gasteiger charge is 2.32. The van der Waals surface area contributed by atoms with Crippen LogP contribution in [0.1, 0.15) is 27.9 Å². The minimum Gasteiger partial charge on any atom is -0.438 e. The second kappa shape index (κ2) is 12.9. The van der Waals surface area contributed by atoms with Gasteiger partial charge in [0.05, 0.1) is 16.7 Å². The number of hydrogen-bond acceptors (Lipinski definition) is 9. The van der Waals surface area contributed by atoms with E-state index in [-0.39, 0.29) is 23.1 Å². The topological polar surface area (TPSA) is 108 Å². The van der Waals surface area contributed by atoms with E-state index >= 15 is 0 Å². The van der Waals surface area contributed by atoms with Crippen LogP contribution >= 0.6 is 0 Å². The van der Waals surface area contributed by atoms with Crippen LogP contribution in [-0.4, -0.2) is 75.9 Å². The number of halogens is 4. The van der Waals surface area contributed by atoms with Gasteiger partial charge in [0.1, 0.15) is 17.9 Å². The van der Waals surface area contributed by atoms with Crippen LogP contribution in [0.4, 0.5) is 29.2 Å². The van der Waals surface area contributed by atoms with Crippen LogP contribution < -0.4 is 15.4 Å². The van der Waals surface area contributed by atoms with Gasteiger partial charge in [0, 0.05) is 44.6 Å². The highest BCUT2D eigenvalue weighted by molar-refractivity contribution is 6.05. The average Bonchev–Trinajstić information content (AvgIpc) is 3.48. The second-order valence-corrected chi connectivity index (χ2v) is 10.4. The summed E-state index contributed by atoms with van der Waals surface area (Å²) in [7, 11) is 5.61. The molecule has 0 unspecified atom stereocenters. The lowest BCUT2D eigenvalue weighted by Gasteiger charge is -2.22. The van der Waals surface area contributed by atoms with Crippen molar-refractivity contribution in [1.82, 2.24) is 29.7 Å². The van der Waals surface area contributed by atoms with Gasteiger partial charge in [-0.05, 0) is 68.5 Å². The molecular weight excluding hydrogens is 580 g/mol. The normalized spacial score (nSPS) is 15.4. The number of rotatable bonds is 9. The number of benzene rings is 2. The highest BCUT2D eigenvalue weighted by Crippen LogP contribution is 2.34. The number of pyridine rings is 1. The average molecular weight is 611 g/mol. The molecule has 1 fully saturated rings. The van der Waals surface area contributed by atoms with Gasteiger partial charge in [0.25, 0.3) is 5.91 Å². The van der Waals surface area contributed by atoms with E-state index < -0.39 is 29.0 Å². The number of likely N-dealkylation sites (N-methyl/N-ethyl adjacent to an activating group) is 1. The molecule has 5 rings (SSSR count). The van der Waals surface area contributed by atoms with Crippen molar-refractivity contribution >= 4 is 17.5 Å². The summed E-state index contributed by atoms with van der Waals surface area (Å²) in [5, 5.41) is 5.33. The molecule has 0 spiro atoms. The van der Waals surface area contributed by atoms with Crippen LogP contribution in [0, 0.1) is 5.82 Å². The van der Waals surface area contributed by atoms with Crippen LogP contribution in [0.25, 0.3) is 11.4 Å². The molecule has 2 aromatic carbocycles. The summed E-state index contributed by atoms with van der Waals surface area (Å²) in [6, 6.07) is 10.3. The van der Waals surface area contributed by atoms with Crippen molar-refractivity contribution in [2.45, 2.75) is 25.2 Å². The first-order valence-corrected chi connectivity index (χ1v) is 13.7. The second-order valence-electron chi connectivity index (χ2n) is 10.4. The van der Waals surface area contributed by atoms with Gasteiger partial charge in [0.15, 0.2) is 5.82 Å². The molecule has 2 N–H and O–H groups in total. The molecule has 3 heterocycles. The molecule has 2 aromatic heterocycles. The van der Waals surface area contributed by atoms with Crippen LogP contribution in [0.15, 0.2) is 61.1 Å². The zero-order valence-corrected chi connectivity index (χ0v) is 24.2. The van der Waals surface area contributed by atoms with Crippen molar-refractivity contribution < 1.29 is 27.1 Å². The van der Waals surface area contributed by atoms with Gasteiger partial charge in [-0.1, -0.05) is 6.07 Å². The van der Waals surface area contributed by atoms with Crippen LogP contribution in [0.5, 0.6) is 11.6 Å². The van der Waals surface area contributed by atoms with Gasteiger partial charge in [-0.2, -0.15) is 18.2 Å². The lowest BCUT2D eigenvalue weighted by Crippen LogP contribution is -2.31. The standard InChI is InChI=1S/C30H30F4N8O2/c1-35-29-38-17-37-26(40-29)22-5-4-11-36-28(22)44-21-8-9-24(31)23(14-21)27(43)39-25-13-19(30(32,33)34)7-6-18(25)15-42-12-10-20(16-42)41(2)3/h4-9,11,13-14,17,20H,10,12,15-16H2,1-3H3,(H,39,43)(H,35,37,38,40)/t20-/m0/s1. The number of nitrogens with one attached hydrogen (secondary N) is 2. The predicted octanol–water partition coefficient (Wildman–Crippen LogP) is 5.31. The number of anilines is 2. The first-order chi connectivity index (χ1) is 21.0. The predicted molar refractivity (Wildman–Crippen MR) is 156 cm³/mol. The summed E-state index contributed by atoms with van der Waals surface area (Å²) in [6.07, 6.45) is -0.924. The van der Waals surface area contributed by atoms with Crippen molar-refractivity contribution in [3.63, 3.8) is 0 Å². The Kier molecular flexibility index (Phi) is 9.01. The maximum atomic E-state index is 14.9. The number of carbonyl (C=O) groups excluding carboxylic acids is 1. The van der Waals surface area contributed by atoms with E-state index in [9.17, 15) is 22.4 Å². The molecule has 10 nitrogen and oxygen atoms in total. The van der Waals surface area contributed by atoms with E-state index in [0.29, 0.717) is 29.7 Å². The number of hydrogen-bond donors (Lipinski definition) is 2. The monoisotopic (exact) mass is 610 g/mol. The summed E-state index contributed by atoms with van der Waals surface area (Å²) < 4.78 is 61.6. The zero-order chi connectivity index (χ0) is 31.4. The molecule has 1 saturated heterocycles. The SMILES string of the molecule is CNc1ncnc(-c2cccnc2Oc2ccc(F)c(C(=O)Nc3cc(C(F)(F)F)ccc3CN3CC[C@H](N(C)C)C3)c2)n1. The van der Waals surface area contributed by atoms with E-state index in [1.54, 1.807) is 19.2 Å². The van der Waals surface area contributed by atoms with Crippen LogP contribution in [0.2, 0.25) is 0 Å². The quantitative estimate of drug-likeness (QED) is 0.244. The minimum absolute atomic E-state index is 0.0500. The maximum Gasteiger partial charge on any atom is 0.416 e. The van der Waals surface area contributed by atoms with E-state index in [0.717, 1.165) is 43.8 Å². The van der Waals surface area contributed by atoms with Crippen molar-refractivity contribution in [3.05, 3.63) is 83.6 Å². The van der Waals surface area contributed by atoms with Crippen molar-refractivity contribution in [3.8, 4) is 23.0 Å². The minimum atomic E-state index is -4.63. The number of amides is 1. The number of ether oxygens (including phenoxy) is 1. The lowest BCUT2D eigenvalue weighted by molar-refractivity contribution is -0.137. The molecule has 1 atom stereocenters. The van der Waals surface area contributed by atoms with Gasteiger partial charge in [-0.15, -0.1) is 0 Å². The third-order valence-corrected chi connectivity index (χ3v) is 7.26. The number of alkyl halides is 3. The Labute approximate surface area is 251 Å². The number of likely N-dealkylation sites (tertiary alicyclic amines) is 1. The molecule has 44 heavy (non-hydrogen) atoms. The molecular formula is C30H30F4N8O2. The fraction of sp³-hybridized carbons (Fsp3) is 0.300. The largest absolute Gasteiger partial charge is 0.438 e. The van der Waals surface area contributed by atoms with Gasteiger partial charge in [-0.25, -0.2) is 19.3 Å². The smallest absolute Gasteiger partial charge is 0.416 e. The molecule has 4 aromatic rings. The van der Waals surface area contributed by atoms with Crippen molar-refractivity contribution in [2.24, 2.45) is 0 Å². The van der Waals surface area contributed by atoms with Crippen molar-refractivity contribution in [2.75, 3.05) is 44.9 Å². The fourth-order valence-corrected chi connectivity index (χ4v) is 4.86. The molecule has 1 aliphatic heterocycles. The Hall–Kier alpha value is -4.69. The molecule has 0 bridgehead atoms. The van der Waals surface area contributed by atoms with E-state index in [1.165, 1.54) is 24.7 Å². The van der Waals surface area contributed by atoms with Gasteiger partial charge in [0.2, 0.25) is 11.8 Å². The van der Waals surface area contributed by atoms with Gasteiger partial charge < -0.3 is 20.3 Å². The maximum absolute atomic E-state index is 14.9. The van der Waals surface area contributed by atoms with Gasteiger partial charge >= 0.3 is 6.18 Å². The molecule has 230 valence electrons. The van der Waals surface area contributed by atoms with Crippen molar-refractivity contribution in [1.29, 1.82) is 0 Å². The molecule has 1 amide bonds. The van der Waals surface area contributed by atoms with Gasteiger partial charge in [-0.3, -0.25) is 9.69 Å². The molecule has 0 saturated carbocycles. The van der Waals surface area contributed by atoms with E-state index in [4.69, 9.17) is 4.74 Å². The summed E-state index contributed by atoms with van der Waals surface area (Å²) in [5.74, 6) is -1.08. The summed E-state index contributed by atoms with van der Waals surface area (Å²) in [4.78, 5) is 34.2. The molecule has 0 aliphatic carbocycles. The number of nitrogens with zero attached hydrogens (tertiary/aromatic N) is 6. The summed E-state index contributed by atoms with van der Waals surface area (Å²) in [5.41, 5.74) is -0.506. The molecule has 1 aliphatic rings. The van der Waals surface area contributed by atoms with E-state index in [2.05, 4.69) is 40.4 Å². The Morgan fingerprint density at radius 1 is 1.11 bits per heavy atom. The fourth-order valence-electron chi connectivity index (χ4n) is 4.86. The Balaban J connectivity index is 1.41. The molecule has 0 radical (unpaired) electrons. The van der Waals surface area contributed by atoms with E-state index in [1.807, 2.05) is 14.1 Å². The Morgan fingerprint density at radius 3 is 2.66 bits per heavy atom. The Bertz CT molecular complexity index is 1650. The first-order valence-electron chi connectivity index (χ1n) is 13.7. The summed E-state index contributed by atoms with van der Waals surface area (Å²) in [6.45, 7) is 1.80. The summed E-state index contributed by atoms with van der Waals surface area (Å²) >= 11 is 0. The number of carbonyl (C=O) groups is 1. The van der Waals surface area contributed by atoms with Crippen LogP contribution in [-0.2, 0) is 12.7 Å². The molecule has 14 heteroatoms. The third kappa shape index (κ3) is 7.09. The highest BCUT2D eigenvalue weighted by atomic mass is 19.4. The Morgan fingerprint density at radius 2 is 1.93 bits per heavy atom. The number of aromatic nitrogens is 4. The zero-order valence-electron chi connectivity index (χ0n) is 24.2.